The Bertz CT molecular complexity index is 987. The average molecular weight is 338 g/mol. The monoisotopic (exact) mass is 337 g/mol. The Labute approximate surface area is 131 Å². The van der Waals surface area contributed by atoms with Crippen molar-refractivity contribution in [3.63, 3.8) is 0 Å². The first-order chi connectivity index (χ1) is 10.4. The van der Waals surface area contributed by atoms with Gasteiger partial charge in [0.15, 0.2) is 20.5 Å². The lowest BCUT2D eigenvalue weighted by Gasteiger charge is -2.03. The molecular formula is C13H12ClN5O2S. The molecule has 0 saturated heterocycles. The summed E-state index contributed by atoms with van der Waals surface area (Å²) < 4.78 is 27.0. The number of aromatic nitrogens is 5. The van der Waals surface area contributed by atoms with Crippen LogP contribution < -0.4 is 0 Å². The van der Waals surface area contributed by atoms with Crippen LogP contribution in [-0.4, -0.2) is 39.2 Å². The molecule has 0 radical (unpaired) electrons. The summed E-state index contributed by atoms with van der Waals surface area (Å²) in [5.41, 5.74) is 1.19. The number of nitrogens with zero attached hydrogens (tertiary/aromatic N) is 5. The summed E-state index contributed by atoms with van der Waals surface area (Å²) >= 11 is 6.00. The second kappa shape index (κ2) is 4.53. The van der Waals surface area contributed by atoms with Gasteiger partial charge in [0.05, 0.1) is 29.7 Å². The molecule has 1 saturated carbocycles. The molecule has 7 nitrogen and oxygen atoms in total. The number of fused-ring (bicyclic) bond motifs is 1. The van der Waals surface area contributed by atoms with Gasteiger partial charge in [-0.1, -0.05) is 11.6 Å². The highest BCUT2D eigenvalue weighted by Gasteiger charge is 2.25. The van der Waals surface area contributed by atoms with E-state index < -0.39 is 9.84 Å². The number of hydrogen-bond donors (Lipinski definition) is 0. The Balaban J connectivity index is 1.90. The van der Waals surface area contributed by atoms with Gasteiger partial charge >= 0.3 is 0 Å². The van der Waals surface area contributed by atoms with Crippen LogP contribution in [-0.2, 0) is 9.84 Å². The smallest absolute Gasteiger partial charge is 0.194 e. The van der Waals surface area contributed by atoms with Crippen LogP contribution in [0.2, 0.25) is 5.02 Å². The first-order valence-electron chi connectivity index (χ1n) is 6.72. The Morgan fingerprint density at radius 1 is 1.27 bits per heavy atom. The minimum absolute atomic E-state index is 0.100. The van der Waals surface area contributed by atoms with Gasteiger partial charge in [-0.3, -0.25) is 4.68 Å². The molecule has 0 unspecified atom stereocenters. The van der Waals surface area contributed by atoms with Gasteiger partial charge in [0.25, 0.3) is 0 Å². The number of pyridine rings is 1. The van der Waals surface area contributed by atoms with Crippen LogP contribution in [0.4, 0.5) is 0 Å². The number of hydrogen-bond acceptors (Lipinski definition) is 5. The van der Waals surface area contributed by atoms with E-state index in [1.807, 2.05) is 10.9 Å². The van der Waals surface area contributed by atoms with Crippen molar-refractivity contribution in [3.8, 4) is 5.69 Å². The van der Waals surface area contributed by atoms with Crippen LogP contribution in [0.3, 0.4) is 0 Å². The van der Waals surface area contributed by atoms with E-state index in [1.54, 1.807) is 23.1 Å². The fourth-order valence-corrected chi connectivity index (χ4v) is 3.59. The van der Waals surface area contributed by atoms with Gasteiger partial charge in [0, 0.05) is 11.6 Å². The lowest BCUT2D eigenvalue weighted by atomic mass is 10.3. The second-order valence-corrected chi connectivity index (χ2v) is 7.76. The van der Waals surface area contributed by atoms with Crippen molar-refractivity contribution in [1.29, 1.82) is 0 Å². The summed E-state index contributed by atoms with van der Waals surface area (Å²) in [6.45, 7) is 0. The minimum Gasteiger partial charge on any atom is -0.267 e. The number of sulfone groups is 1. The topological polar surface area (TPSA) is 82.7 Å². The molecule has 3 aromatic rings. The fourth-order valence-electron chi connectivity index (χ4n) is 2.34. The molecule has 1 fully saturated rings. The maximum Gasteiger partial charge on any atom is 0.194 e. The summed E-state index contributed by atoms with van der Waals surface area (Å²) in [4.78, 5) is 4.20. The molecule has 0 N–H and O–H groups in total. The molecule has 3 heterocycles. The first kappa shape index (κ1) is 13.7. The Hall–Kier alpha value is -1.93. The number of rotatable bonds is 3. The van der Waals surface area contributed by atoms with Crippen molar-refractivity contribution < 1.29 is 8.42 Å². The first-order valence-corrected chi connectivity index (χ1v) is 8.99. The Kier molecular flexibility index (Phi) is 2.82. The molecule has 0 atom stereocenters. The lowest BCUT2D eigenvalue weighted by Crippen LogP contribution is -2.04. The third-order valence-corrected chi connectivity index (χ3v) is 4.98. The van der Waals surface area contributed by atoms with E-state index in [2.05, 4.69) is 15.2 Å². The van der Waals surface area contributed by atoms with E-state index >= 15 is 0 Å². The molecule has 0 bridgehead atoms. The van der Waals surface area contributed by atoms with Gasteiger partial charge in [-0.15, -0.1) is 0 Å². The van der Waals surface area contributed by atoms with Crippen molar-refractivity contribution in [2.75, 3.05) is 6.26 Å². The predicted molar refractivity (Wildman–Crippen MR) is 81.0 cm³/mol. The molecule has 0 amide bonds. The van der Waals surface area contributed by atoms with Crippen LogP contribution in [0.25, 0.3) is 16.7 Å². The summed E-state index contributed by atoms with van der Waals surface area (Å²) in [7, 11) is -3.51. The molecule has 0 spiro atoms. The molecule has 3 aromatic heterocycles. The van der Waals surface area contributed by atoms with E-state index in [0.717, 1.165) is 24.8 Å². The maximum absolute atomic E-state index is 11.8. The van der Waals surface area contributed by atoms with Crippen molar-refractivity contribution in [1.82, 2.24) is 24.5 Å². The standard InChI is InChI=1S/C13H12ClN5O2S/c1-22(20,21)13-11(14)4-8-5-16-19(12(8)17-13)10-6-15-18(7-10)9-2-3-9/h4-7,9H,2-3H2,1H3. The zero-order valence-electron chi connectivity index (χ0n) is 11.6. The highest BCUT2D eigenvalue weighted by molar-refractivity contribution is 7.90. The van der Waals surface area contributed by atoms with Gasteiger partial charge in [-0.25, -0.2) is 18.1 Å². The zero-order valence-corrected chi connectivity index (χ0v) is 13.2. The molecule has 114 valence electrons. The highest BCUT2D eigenvalue weighted by Crippen LogP contribution is 2.34. The normalized spacial score (nSPS) is 15.5. The maximum atomic E-state index is 11.8. The highest BCUT2D eigenvalue weighted by atomic mass is 35.5. The summed E-state index contributed by atoms with van der Waals surface area (Å²) in [5.74, 6) is 0. The summed E-state index contributed by atoms with van der Waals surface area (Å²) in [6, 6.07) is 2.03. The lowest BCUT2D eigenvalue weighted by molar-refractivity contribution is 0.598. The molecule has 4 rings (SSSR count). The van der Waals surface area contributed by atoms with E-state index in [-0.39, 0.29) is 10.0 Å². The Morgan fingerprint density at radius 3 is 2.73 bits per heavy atom. The van der Waals surface area contributed by atoms with Crippen molar-refractivity contribution in [2.24, 2.45) is 0 Å². The zero-order chi connectivity index (χ0) is 15.5. The largest absolute Gasteiger partial charge is 0.267 e. The molecule has 1 aliphatic rings. The SMILES string of the molecule is CS(=O)(=O)c1nc2c(cnn2-c2cnn(C3CC3)c2)cc1Cl. The van der Waals surface area contributed by atoms with Gasteiger partial charge in [0.1, 0.15) is 5.69 Å². The van der Waals surface area contributed by atoms with E-state index in [0.29, 0.717) is 17.1 Å². The van der Waals surface area contributed by atoms with Gasteiger partial charge in [-0.2, -0.15) is 10.2 Å². The molecule has 0 aromatic carbocycles. The third-order valence-electron chi connectivity index (χ3n) is 3.57. The van der Waals surface area contributed by atoms with Crippen LogP contribution in [0.5, 0.6) is 0 Å². The van der Waals surface area contributed by atoms with Crippen LogP contribution in [0.15, 0.2) is 29.7 Å². The average Bonchev–Trinajstić information content (AvgIpc) is 3.03. The predicted octanol–water partition coefficient (Wildman–Crippen LogP) is 2.01. The van der Waals surface area contributed by atoms with Crippen LogP contribution in [0.1, 0.15) is 18.9 Å². The quantitative estimate of drug-likeness (QED) is 0.730. The Morgan fingerprint density at radius 2 is 2.05 bits per heavy atom. The molecule has 22 heavy (non-hydrogen) atoms. The molecule has 1 aliphatic carbocycles. The molecular weight excluding hydrogens is 326 g/mol. The van der Waals surface area contributed by atoms with Gasteiger partial charge in [-0.05, 0) is 18.9 Å². The van der Waals surface area contributed by atoms with E-state index in [1.165, 1.54) is 0 Å². The van der Waals surface area contributed by atoms with Crippen molar-refractivity contribution in [2.45, 2.75) is 23.9 Å². The molecule has 0 aliphatic heterocycles. The van der Waals surface area contributed by atoms with E-state index in [4.69, 9.17) is 11.6 Å². The van der Waals surface area contributed by atoms with Crippen molar-refractivity contribution >= 4 is 32.5 Å². The third kappa shape index (κ3) is 2.19. The van der Waals surface area contributed by atoms with Crippen LogP contribution in [0, 0.1) is 0 Å². The second-order valence-electron chi connectivity index (χ2n) is 5.43. The van der Waals surface area contributed by atoms with Crippen LogP contribution >= 0.6 is 11.6 Å². The summed E-state index contributed by atoms with van der Waals surface area (Å²) in [5, 5.41) is 9.22. The van der Waals surface area contributed by atoms with E-state index in [9.17, 15) is 8.42 Å². The van der Waals surface area contributed by atoms with Crippen molar-refractivity contribution in [3.05, 3.63) is 29.7 Å². The fraction of sp³-hybridized carbons (Fsp3) is 0.308. The molecule has 9 heteroatoms. The minimum atomic E-state index is -3.51. The van der Waals surface area contributed by atoms with Gasteiger partial charge < -0.3 is 0 Å². The number of halogens is 1. The summed E-state index contributed by atoms with van der Waals surface area (Å²) in [6.07, 6.45) is 8.54. The van der Waals surface area contributed by atoms with Gasteiger partial charge in [0.2, 0.25) is 0 Å².